The number of rotatable bonds is 4. The van der Waals surface area contributed by atoms with E-state index in [0.29, 0.717) is 12.1 Å². The third kappa shape index (κ3) is 2.64. The molecule has 1 aromatic rings. The summed E-state index contributed by atoms with van der Waals surface area (Å²) in [5, 5.41) is 3.58. The van der Waals surface area contributed by atoms with Crippen molar-refractivity contribution in [1.82, 2.24) is 15.3 Å². The number of hydrogen-bond donors (Lipinski definition) is 1. The van der Waals surface area contributed by atoms with Crippen LogP contribution >= 0.6 is 0 Å². The monoisotopic (exact) mass is 246 g/mol. The van der Waals surface area contributed by atoms with Gasteiger partial charge in [0.15, 0.2) is 0 Å². The van der Waals surface area contributed by atoms with Crippen molar-refractivity contribution < 1.29 is 0 Å². The average Bonchev–Trinajstić information content (AvgIpc) is 3.02. The van der Waals surface area contributed by atoms with Crippen molar-refractivity contribution in [3.8, 4) is 0 Å². The smallest absolute Gasteiger partial charge is 0.132 e. The number of anilines is 1. The van der Waals surface area contributed by atoms with E-state index in [9.17, 15) is 0 Å². The molecule has 1 aliphatic carbocycles. The Morgan fingerprint density at radius 2 is 2.11 bits per heavy atom. The van der Waals surface area contributed by atoms with Gasteiger partial charge in [-0.25, -0.2) is 9.97 Å². The van der Waals surface area contributed by atoms with Gasteiger partial charge in [0.25, 0.3) is 0 Å². The molecule has 2 fully saturated rings. The molecule has 1 N–H and O–H groups in total. The minimum Gasteiger partial charge on any atom is -0.352 e. The third-order valence-corrected chi connectivity index (χ3v) is 3.81. The van der Waals surface area contributed by atoms with E-state index in [4.69, 9.17) is 0 Å². The largest absolute Gasteiger partial charge is 0.352 e. The van der Waals surface area contributed by atoms with Crippen LogP contribution in [0.1, 0.15) is 37.2 Å². The fourth-order valence-electron chi connectivity index (χ4n) is 2.81. The summed E-state index contributed by atoms with van der Waals surface area (Å²) >= 11 is 0. The fourth-order valence-corrected chi connectivity index (χ4v) is 2.81. The molecule has 0 radical (unpaired) electrons. The zero-order valence-corrected chi connectivity index (χ0v) is 11.3. The van der Waals surface area contributed by atoms with Crippen molar-refractivity contribution >= 4 is 5.82 Å². The van der Waals surface area contributed by atoms with Gasteiger partial charge in [-0.2, -0.15) is 0 Å². The Balaban J connectivity index is 1.79. The summed E-state index contributed by atoms with van der Waals surface area (Å²) in [7, 11) is 0. The SMILES string of the molecule is Cc1cc(N(CC2CCCN2)C2CC2)nc(C)n1. The van der Waals surface area contributed by atoms with Crippen molar-refractivity contribution in [3.05, 3.63) is 17.6 Å². The molecule has 1 saturated heterocycles. The summed E-state index contributed by atoms with van der Waals surface area (Å²) in [6, 6.07) is 3.47. The van der Waals surface area contributed by atoms with Crippen LogP contribution in [0.4, 0.5) is 5.82 Å². The molecule has 1 aliphatic heterocycles. The summed E-state index contributed by atoms with van der Waals surface area (Å²) < 4.78 is 0. The lowest BCUT2D eigenvalue weighted by molar-refractivity contribution is 0.574. The maximum atomic E-state index is 4.62. The maximum absolute atomic E-state index is 4.62. The van der Waals surface area contributed by atoms with E-state index in [1.165, 1.54) is 32.2 Å². The molecule has 0 aromatic carbocycles. The lowest BCUT2D eigenvalue weighted by Gasteiger charge is -2.27. The molecule has 1 unspecified atom stereocenters. The van der Waals surface area contributed by atoms with Crippen LogP contribution in [0.2, 0.25) is 0 Å². The normalized spacial score (nSPS) is 23.3. The topological polar surface area (TPSA) is 41.0 Å². The zero-order valence-electron chi connectivity index (χ0n) is 11.3. The molecule has 2 heterocycles. The van der Waals surface area contributed by atoms with Crippen LogP contribution < -0.4 is 10.2 Å². The number of aryl methyl sites for hydroxylation is 2. The number of hydrogen-bond acceptors (Lipinski definition) is 4. The summed E-state index contributed by atoms with van der Waals surface area (Å²) in [5.41, 5.74) is 1.07. The van der Waals surface area contributed by atoms with Gasteiger partial charge in [0, 0.05) is 30.4 Å². The third-order valence-electron chi connectivity index (χ3n) is 3.81. The molecule has 1 saturated carbocycles. The quantitative estimate of drug-likeness (QED) is 0.880. The second-order valence-corrected chi connectivity index (χ2v) is 5.59. The lowest BCUT2D eigenvalue weighted by atomic mass is 10.2. The first-order valence-corrected chi connectivity index (χ1v) is 7.05. The fraction of sp³-hybridized carbons (Fsp3) is 0.714. The lowest BCUT2D eigenvalue weighted by Crippen LogP contribution is -2.39. The molecule has 0 bridgehead atoms. The highest BCUT2D eigenvalue weighted by atomic mass is 15.3. The molecule has 4 nitrogen and oxygen atoms in total. The number of nitrogens with one attached hydrogen (secondary N) is 1. The van der Waals surface area contributed by atoms with Crippen LogP contribution in [-0.2, 0) is 0 Å². The summed E-state index contributed by atoms with van der Waals surface area (Å²) in [6.07, 6.45) is 5.24. The van der Waals surface area contributed by atoms with Crippen molar-refractivity contribution in [2.45, 2.75) is 51.6 Å². The Bertz CT molecular complexity index is 402. The average molecular weight is 246 g/mol. The summed E-state index contributed by atoms with van der Waals surface area (Å²) in [4.78, 5) is 11.5. The Labute approximate surface area is 109 Å². The van der Waals surface area contributed by atoms with Gasteiger partial charge in [-0.15, -0.1) is 0 Å². The molecule has 98 valence electrons. The van der Waals surface area contributed by atoms with Gasteiger partial charge in [0.05, 0.1) is 0 Å². The zero-order chi connectivity index (χ0) is 12.5. The van der Waals surface area contributed by atoms with Crippen LogP contribution in [0.5, 0.6) is 0 Å². The van der Waals surface area contributed by atoms with Gasteiger partial charge in [0.2, 0.25) is 0 Å². The highest BCUT2D eigenvalue weighted by Crippen LogP contribution is 2.31. The molecule has 1 aromatic heterocycles. The van der Waals surface area contributed by atoms with Crippen molar-refractivity contribution in [1.29, 1.82) is 0 Å². The molecule has 18 heavy (non-hydrogen) atoms. The minimum atomic E-state index is 0.640. The van der Waals surface area contributed by atoms with E-state index in [0.717, 1.165) is 23.9 Å². The van der Waals surface area contributed by atoms with E-state index in [2.05, 4.69) is 33.2 Å². The van der Waals surface area contributed by atoms with Crippen LogP contribution in [-0.4, -0.2) is 35.1 Å². The van der Waals surface area contributed by atoms with Gasteiger partial charge in [0.1, 0.15) is 11.6 Å². The maximum Gasteiger partial charge on any atom is 0.132 e. The standard InChI is InChI=1S/C14H22N4/c1-10-8-14(17-11(2)16-10)18(13-5-6-13)9-12-4-3-7-15-12/h8,12-13,15H,3-7,9H2,1-2H3. The van der Waals surface area contributed by atoms with Crippen LogP contribution in [0.25, 0.3) is 0 Å². The van der Waals surface area contributed by atoms with Crippen LogP contribution in [0, 0.1) is 13.8 Å². The molecule has 4 heteroatoms. The first kappa shape index (κ1) is 11.9. The molecular formula is C14H22N4. The molecule has 1 atom stereocenters. The number of aromatic nitrogens is 2. The van der Waals surface area contributed by atoms with E-state index in [-0.39, 0.29) is 0 Å². The number of nitrogens with zero attached hydrogens (tertiary/aromatic N) is 3. The summed E-state index contributed by atoms with van der Waals surface area (Å²) in [5.74, 6) is 2.01. The van der Waals surface area contributed by atoms with Gasteiger partial charge in [-0.1, -0.05) is 0 Å². The Morgan fingerprint density at radius 1 is 1.28 bits per heavy atom. The van der Waals surface area contributed by atoms with E-state index >= 15 is 0 Å². The van der Waals surface area contributed by atoms with E-state index in [1.807, 2.05) is 6.92 Å². The first-order chi connectivity index (χ1) is 8.72. The van der Waals surface area contributed by atoms with Crippen LogP contribution in [0.3, 0.4) is 0 Å². The van der Waals surface area contributed by atoms with Gasteiger partial charge in [-0.3, -0.25) is 0 Å². The van der Waals surface area contributed by atoms with E-state index < -0.39 is 0 Å². The van der Waals surface area contributed by atoms with Crippen LogP contribution in [0.15, 0.2) is 6.07 Å². The van der Waals surface area contributed by atoms with Crippen molar-refractivity contribution in [3.63, 3.8) is 0 Å². The van der Waals surface area contributed by atoms with E-state index in [1.54, 1.807) is 0 Å². The Hall–Kier alpha value is -1.16. The molecule has 0 spiro atoms. The second-order valence-electron chi connectivity index (χ2n) is 5.59. The van der Waals surface area contributed by atoms with Gasteiger partial charge < -0.3 is 10.2 Å². The molecule has 3 rings (SSSR count). The highest BCUT2D eigenvalue weighted by molar-refractivity contribution is 5.43. The highest BCUT2D eigenvalue weighted by Gasteiger charge is 2.32. The Morgan fingerprint density at radius 3 is 2.72 bits per heavy atom. The van der Waals surface area contributed by atoms with Crippen molar-refractivity contribution in [2.75, 3.05) is 18.0 Å². The minimum absolute atomic E-state index is 0.640. The second kappa shape index (κ2) is 4.84. The summed E-state index contributed by atoms with van der Waals surface area (Å²) in [6.45, 7) is 6.30. The Kier molecular flexibility index (Phi) is 3.20. The first-order valence-electron chi connectivity index (χ1n) is 7.05. The molecule has 2 aliphatic rings. The predicted molar refractivity (Wildman–Crippen MR) is 72.9 cm³/mol. The molecule has 0 amide bonds. The van der Waals surface area contributed by atoms with Gasteiger partial charge in [-0.05, 0) is 46.1 Å². The van der Waals surface area contributed by atoms with Gasteiger partial charge >= 0.3 is 0 Å². The predicted octanol–water partition coefficient (Wildman–Crippen LogP) is 1.81. The molecular weight excluding hydrogens is 224 g/mol. The van der Waals surface area contributed by atoms with Crippen molar-refractivity contribution in [2.24, 2.45) is 0 Å².